The predicted octanol–water partition coefficient (Wildman–Crippen LogP) is 2.64. The Balaban J connectivity index is 2.26. The molecular formula is C12H15ClFNO. The predicted molar refractivity (Wildman–Crippen MR) is 61.7 cm³/mol. The van der Waals surface area contributed by atoms with Gasteiger partial charge in [0.2, 0.25) is 0 Å². The summed E-state index contributed by atoms with van der Waals surface area (Å²) in [4.78, 5) is 0. The van der Waals surface area contributed by atoms with Crippen molar-refractivity contribution in [3.63, 3.8) is 0 Å². The van der Waals surface area contributed by atoms with Gasteiger partial charge in [0.05, 0.1) is 11.1 Å². The SMILES string of the molecule is NCC1(C(O)c2ccc(Cl)c(F)c2)CCC1. The molecule has 0 spiro atoms. The van der Waals surface area contributed by atoms with Gasteiger partial charge in [-0.05, 0) is 30.5 Å². The molecule has 2 rings (SSSR count). The van der Waals surface area contributed by atoms with Crippen molar-refractivity contribution in [2.24, 2.45) is 11.1 Å². The van der Waals surface area contributed by atoms with Crippen molar-refractivity contribution in [1.82, 2.24) is 0 Å². The zero-order valence-electron chi connectivity index (χ0n) is 8.92. The van der Waals surface area contributed by atoms with Crippen LogP contribution >= 0.6 is 11.6 Å². The molecule has 4 heteroatoms. The highest BCUT2D eigenvalue weighted by atomic mass is 35.5. The summed E-state index contributed by atoms with van der Waals surface area (Å²) in [5.74, 6) is -0.496. The van der Waals surface area contributed by atoms with Crippen LogP contribution in [0.5, 0.6) is 0 Å². The Morgan fingerprint density at radius 2 is 2.19 bits per heavy atom. The molecule has 0 radical (unpaired) electrons. The van der Waals surface area contributed by atoms with E-state index >= 15 is 0 Å². The lowest BCUT2D eigenvalue weighted by molar-refractivity contribution is -0.0298. The Morgan fingerprint density at radius 3 is 2.62 bits per heavy atom. The summed E-state index contributed by atoms with van der Waals surface area (Å²) in [7, 11) is 0. The maximum absolute atomic E-state index is 13.3. The van der Waals surface area contributed by atoms with Gasteiger partial charge in [0.15, 0.2) is 0 Å². The summed E-state index contributed by atoms with van der Waals surface area (Å²) >= 11 is 5.60. The van der Waals surface area contributed by atoms with Crippen molar-refractivity contribution in [2.75, 3.05) is 6.54 Å². The van der Waals surface area contributed by atoms with E-state index in [1.165, 1.54) is 12.1 Å². The summed E-state index contributed by atoms with van der Waals surface area (Å²) in [5, 5.41) is 10.3. The highest BCUT2D eigenvalue weighted by Crippen LogP contribution is 2.49. The van der Waals surface area contributed by atoms with E-state index in [-0.39, 0.29) is 10.4 Å². The summed E-state index contributed by atoms with van der Waals surface area (Å²) in [6, 6.07) is 4.42. The normalized spacial score (nSPS) is 20.2. The van der Waals surface area contributed by atoms with Gasteiger partial charge in [-0.2, -0.15) is 0 Å². The summed E-state index contributed by atoms with van der Waals surface area (Å²) in [5.41, 5.74) is 5.99. The van der Waals surface area contributed by atoms with Crippen LogP contribution in [-0.4, -0.2) is 11.7 Å². The maximum Gasteiger partial charge on any atom is 0.142 e. The van der Waals surface area contributed by atoms with Crippen LogP contribution in [0.3, 0.4) is 0 Å². The molecule has 0 heterocycles. The first-order chi connectivity index (χ1) is 7.59. The molecule has 1 fully saturated rings. The monoisotopic (exact) mass is 243 g/mol. The van der Waals surface area contributed by atoms with Gasteiger partial charge in [0.1, 0.15) is 5.82 Å². The fourth-order valence-corrected chi connectivity index (χ4v) is 2.37. The number of aliphatic hydroxyl groups is 1. The highest BCUT2D eigenvalue weighted by molar-refractivity contribution is 6.30. The number of halogens is 2. The van der Waals surface area contributed by atoms with Crippen LogP contribution in [-0.2, 0) is 0 Å². The standard InChI is InChI=1S/C12H15ClFNO/c13-9-3-2-8(6-10(9)14)11(16)12(7-15)4-1-5-12/h2-3,6,11,16H,1,4-5,7,15H2. The van der Waals surface area contributed by atoms with Crippen LogP contribution in [0.15, 0.2) is 18.2 Å². The van der Waals surface area contributed by atoms with Crippen molar-refractivity contribution >= 4 is 11.6 Å². The Morgan fingerprint density at radius 1 is 1.50 bits per heavy atom. The molecule has 1 aliphatic carbocycles. The molecule has 16 heavy (non-hydrogen) atoms. The summed E-state index contributed by atoms with van der Waals surface area (Å²) in [6.45, 7) is 0.429. The van der Waals surface area contributed by atoms with Crippen molar-refractivity contribution in [2.45, 2.75) is 25.4 Å². The molecule has 0 aromatic heterocycles. The number of nitrogens with two attached hydrogens (primary N) is 1. The van der Waals surface area contributed by atoms with Gasteiger partial charge in [0, 0.05) is 12.0 Å². The van der Waals surface area contributed by atoms with Crippen LogP contribution < -0.4 is 5.73 Å². The average molecular weight is 244 g/mol. The van der Waals surface area contributed by atoms with Crippen LogP contribution in [0, 0.1) is 11.2 Å². The molecule has 1 aromatic carbocycles. The third kappa shape index (κ3) is 1.83. The first-order valence-corrected chi connectivity index (χ1v) is 5.80. The van der Waals surface area contributed by atoms with Gasteiger partial charge in [-0.1, -0.05) is 24.1 Å². The van der Waals surface area contributed by atoms with Crippen molar-refractivity contribution in [1.29, 1.82) is 0 Å². The quantitative estimate of drug-likeness (QED) is 0.857. The van der Waals surface area contributed by atoms with E-state index in [2.05, 4.69) is 0 Å². The van der Waals surface area contributed by atoms with Crippen molar-refractivity contribution in [3.05, 3.63) is 34.6 Å². The van der Waals surface area contributed by atoms with Crippen LogP contribution in [0.2, 0.25) is 5.02 Å². The molecular weight excluding hydrogens is 229 g/mol. The Bertz CT molecular complexity index is 387. The highest BCUT2D eigenvalue weighted by Gasteiger charge is 2.42. The molecule has 88 valence electrons. The number of aliphatic hydroxyl groups excluding tert-OH is 1. The summed E-state index contributed by atoms with van der Waals surface area (Å²) in [6.07, 6.45) is 2.17. The number of hydrogen-bond acceptors (Lipinski definition) is 2. The van der Waals surface area contributed by atoms with E-state index in [0.29, 0.717) is 12.1 Å². The molecule has 2 nitrogen and oxygen atoms in total. The topological polar surface area (TPSA) is 46.2 Å². The fraction of sp³-hybridized carbons (Fsp3) is 0.500. The molecule has 1 saturated carbocycles. The molecule has 3 N–H and O–H groups in total. The third-order valence-electron chi connectivity index (χ3n) is 3.60. The zero-order valence-corrected chi connectivity index (χ0v) is 9.67. The average Bonchev–Trinajstić information content (AvgIpc) is 2.21. The molecule has 0 bridgehead atoms. The van der Waals surface area contributed by atoms with Gasteiger partial charge in [-0.25, -0.2) is 4.39 Å². The van der Waals surface area contributed by atoms with E-state index in [1.807, 2.05) is 0 Å². The van der Waals surface area contributed by atoms with Crippen LogP contribution in [0.25, 0.3) is 0 Å². The molecule has 1 aliphatic rings. The Hall–Kier alpha value is -0.640. The van der Waals surface area contributed by atoms with Crippen molar-refractivity contribution < 1.29 is 9.50 Å². The molecule has 0 amide bonds. The van der Waals surface area contributed by atoms with E-state index in [1.54, 1.807) is 6.07 Å². The van der Waals surface area contributed by atoms with Gasteiger partial charge in [-0.3, -0.25) is 0 Å². The van der Waals surface area contributed by atoms with E-state index in [0.717, 1.165) is 19.3 Å². The molecule has 1 atom stereocenters. The maximum atomic E-state index is 13.3. The third-order valence-corrected chi connectivity index (χ3v) is 3.90. The van der Waals surface area contributed by atoms with E-state index < -0.39 is 11.9 Å². The number of benzene rings is 1. The van der Waals surface area contributed by atoms with Crippen LogP contribution in [0.4, 0.5) is 4.39 Å². The van der Waals surface area contributed by atoms with Gasteiger partial charge in [0.25, 0.3) is 0 Å². The first-order valence-electron chi connectivity index (χ1n) is 5.42. The van der Waals surface area contributed by atoms with Gasteiger partial charge < -0.3 is 10.8 Å². The number of rotatable bonds is 3. The zero-order chi connectivity index (χ0) is 11.8. The lowest BCUT2D eigenvalue weighted by Gasteiger charge is -2.44. The minimum Gasteiger partial charge on any atom is -0.388 e. The molecule has 0 saturated heterocycles. The Labute approximate surface area is 99.2 Å². The summed E-state index contributed by atoms with van der Waals surface area (Å²) < 4.78 is 13.3. The molecule has 0 aliphatic heterocycles. The second kappa shape index (κ2) is 4.32. The van der Waals surface area contributed by atoms with Gasteiger partial charge >= 0.3 is 0 Å². The molecule has 1 aromatic rings. The van der Waals surface area contributed by atoms with Crippen molar-refractivity contribution in [3.8, 4) is 0 Å². The second-order valence-corrected chi connectivity index (χ2v) is 4.90. The van der Waals surface area contributed by atoms with E-state index in [4.69, 9.17) is 17.3 Å². The minimum absolute atomic E-state index is 0.0753. The lowest BCUT2D eigenvalue weighted by Crippen LogP contribution is -2.42. The smallest absolute Gasteiger partial charge is 0.142 e. The largest absolute Gasteiger partial charge is 0.388 e. The van der Waals surface area contributed by atoms with Crippen LogP contribution in [0.1, 0.15) is 30.9 Å². The number of hydrogen-bond donors (Lipinski definition) is 2. The molecule has 1 unspecified atom stereocenters. The second-order valence-electron chi connectivity index (χ2n) is 4.50. The fourth-order valence-electron chi connectivity index (χ4n) is 2.26. The first kappa shape index (κ1) is 11.8. The van der Waals surface area contributed by atoms with E-state index in [9.17, 15) is 9.50 Å². The lowest BCUT2D eigenvalue weighted by atomic mass is 9.63. The van der Waals surface area contributed by atoms with Gasteiger partial charge in [-0.15, -0.1) is 0 Å². The minimum atomic E-state index is -0.696. The Kier molecular flexibility index (Phi) is 3.19.